The Morgan fingerprint density at radius 3 is 2.20 bits per heavy atom. The molecule has 0 N–H and O–H groups in total. The first-order chi connectivity index (χ1) is 11.2. The predicted molar refractivity (Wildman–Crippen MR) is 96.0 cm³/mol. The van der Waals surface area contributed by atoms with E-state index in [9.17, 15) is 9.59 Å². The summed E-state index contributed by atoms with van der Waals surface area (Å²) in [5, 5.41) is 0. The minimum absolute atomic E-state index is 0.296. The van der Waals surface area contributed by atoms with Crippen molar-refractivity contribution >= 4 is 12.1 Å². The monoisotopic (exact) mass is 355 g/mol. The summed E-state index contributed by atoms with van der Waals surface area (Å²) in [4.78, 5) is 26.3. The lowest BCUT2D eigenvalue weighted by molar-refractivity contribution is -0.146. The molecule has 1 saturated heterocycles. The molecule has 1 aliphatic heterocycles. The third-order valence-corrected chi connectivity index (χ3v) is 4.02. The van der Waals surface area contributed by atoms with Crippen molar-refractivity contribution in [1.29, 1.82) is 0 Å². The van der Waals surface area contributed by atoms with Gasteiger partial charge in [0.15, 0.2) is 0 Å². The van der Waals surface area contributed by atoms with Crippen molar-refractivity contribution in [2.24, 2.45) is 11.3 Å². The second-order valence-corrected chi connectivity index (χ2v) is 8.93. The fourth-order valence-corrected chi connectivity index (χ4v) is 2.73. The zero-order valence-corrected chi connectivity index (χ0v) is 17.0. The van der Waals surface area contributed by atoms with E-state index in [2.05, 4.69) is 0 Å². The van der Waals surface area contributed by atoms with E-state index in [1.165, 1.54) is 7.11 Å². The van der Waals surface area contributed by atoms with Crippen LogP contribution in [0.5, 0.6) is 0 Å². The highest BCUT2D eigenvalue weighted by Crippen LogP contribution is 2.32. The van der Waals surface area contributed by atoms with Crippen LogP contribution >= 0.6 is 0 Å². The molecule has 1 fully saturated rings. The van der Waals surface area contributed by atoms with Gasteiger partial charge in [-0.3, -0.25) is 9.69 Å². The zero-order valence-electron chi connectivity index (χ0n) is 17.0. The maximum absolute atomic E-state index is 12.6. The fourth-order valence-electron chi connectivity index (χ4n) is 2.73. The lowest BCUT2D eigenvalue weighted by atomic mass is 9.80. The van der Waals surface area contributed by atoms with Gasteiger partial charge in [0.25, 0.3) is 0 Å². The largest absolute Gasteiger partial charge is 0.469 e. The van der Waals surface area contributed by atoms with Crippen LogP contribution in [0.2, 0.25) is 0 Å². The van der Waals surface area contributed by atoms with Crippen molar-refractivity contribution in [2.75, 3.05) is 13.7 Å². The van der Waals surface area contributed by atoms with E-state index in [1.54, 1.807) is 11.0 Å². The van der Waals surface area contributed by atoms with Gasteiger partial charge >= 0.3 is 12.1 Å². The second kappa shape index (κ2) is 7.36. The Balaban J connectivity index is 3.05. The first kappa shape index (κ1) is 21.5. The summed E-state index contributed by atoms with van der Waals surface area (Å²) in [5.74, 6) is -0.715. The van der Waals surface area contributed by atoms with Gasteiger partial charge in [0.2, 0.25) is 0 Å². The second-order valence-electron chi connectivity index (χ2n) is 8.93. The Hall–Kier alpha value is -1.56. The number of amides is 1. The Kier molecular flexibility index (Phi) is 6.32. The number of methoxy groups -OCH3 is 1. The molecule has 0 unspecified atom stereocenters. The van der Waals surface area contributed by atoms with Crippen molar-refractivity contribution < 1.29 is 23.8 Å². The maximum Gasteiger partial charge on any atom is 0.413 e. The number of nitrogens with zero attached hydrogens (tertiary/aromatic N) is 1. The van der Waals surface area contributed by atoms with Crippen molar-refractivity contribution in [3.05, 3.63) is 12.2 Å². The van der Waals surface area contributed by atoms with Gasteiger partial charge in [-0.15, -0.1) is 0 Å². The highest BCUT2D eigenvalue weighted by atomic mass is 16.6. The molecule has 144 valence electrons. The number of carbonyl (C=O) groups is 2. The summed E-state index contributed by atoms with van der Waals surface area (Å²) in [6.45, 7) is 15.4. The van der Waals surface area contributed by atoms with E-state index in [-0.39, 0.29) is 17.4 Å². The van der Waals surface area contributed by atoms with Crippen molar-refractivity contribution in [3.8, 4) is 0 Å². The number of hydrogen-bond donors (Lipinski definition) is 0. The van der Waals surface area contributed by atoms with Crippen LogP contribution in [0.3, 0.4) is 0 Å². The van der Waals surface area contributed by atoms with Gasteiger partial charge in [0.05, 0.1) is 25.7 Å². The first-order valence-electron chi connectivity index (χ1n) is 8.61. The number of esters is 1. The number of carbonyl (C=O) groups excluding carboxylic acids is 2. The molecule has 0 saturated carbocycles. The van der Waals surface area contributed by atoms with Crippen LogP contribution in [0.25, 0.3) is 0 Å². The molecule has 1 heterocycles. The molecule has 0 aromatic rings. The molecule has 25 heavy (non-hydrogen) atoms. The van der Waals surface area contributed by atoms with Gasteiger partial charge in [0, 0.05) is 0 Å². The fraction of sp³-hybridized carbons (Fsp3) is 0.789. The average molecular weight is 355 g/mol. The van der Waals surface area contributed by atoms with Crippen LogP contribution in [0.1, 0.15) is 55.4 Å². The van der Waals surface area contributed by atoms with E-state index < -0.39 is 23.3 Å². The Bertz CT molecular complexity index is 525. The minimum atomic E-state index is -0.778. The SMILES string of the molecule is COC(=O)[C@H](/C=C/[C@@H]1COC(C)(C)N1C(=O)OC(C)(C)C)C(C)(C)C. The standard InChI is InChI=1S/C19H33NO5/c1-17(2,3)14(15(21)23-9)11-10-13-12-24-19(7,8)20(13)16(22)25-18(4,5)6/h10-11,13-14H,12H2,1-9H3/b11-10+/t13-,14+/m1/s1. The summed E-state index contributed by atoms with van der Waals surface area (Å²) >= 11 is 0. The van der Waals surface area contributed by atoms with Crippen molar-refractivity contribution in [3.63, 3.8) is 0 Å². The van der Waals surface area contributed by atoms with Gasteiger partial charge in [-0.2, -0.15) is 0 Å². The first-order valence-corrected chi connectivity index (χ1v) is 8.61. The highest BCUT2D eigenvalue weighted by molar-refractivity contribution is 5.75. The predicted octanol–water partition coefficient (Wildman–Crippen LogP) is 3.75. The van der Waals surface area contributed by atoms with Gasteiger partial charge in [-0.1, -0.05) is 32.9 Å². The van der Waals surface area contributed by atoms with Gasteiger partial charge in [0.1, 0.15) is 11.3 Å². The molecule has 1 amide bonds. The van der Waals surface area contributed by atoms with E-state index in [1.807, 2.05) is 61.5 Å². The van der Waals surface area contributed by atoms with Crippen LogP contribution in [0, 0.1) is 11.3 Å². The molecule has 2 atom stereocenters. The molecule has 1 aliphatic rings. The van der Waals surface area contributed by atoms with Crippen LogP contribution in [-0.4, -0.2) is 48.0 Å². The van der Waals surface area contributed by atoms with E-state index in [0.717, 1.165) is 0 Å². The Morgan fingerprint density at radius 1 is 1.20 bits per heavy atom. The van der Waals surface area contributed by atoms with Crippen LogP contribution in [-0.2, 0) is 19.0 Å². The normalized spacial score (nSPS) is 22.1. The van der Waals surface area contributed by atoms with Crippen molar-refractivity contribution in [1.82, 2.24) is 4.90 Å². The third kappa shape index (κ3) is 5.73. The number of rotatable bonds is 3. The Labute approximate surface area is 151 Å². The van der Waals surface area contributed by atoms with Crippen LogP contribution in [0.4, 0.5) is 4.79 Å². The maximum atomic E-state index is 12.6. The molecule has 0 aromatic carbocycles. The summed E-state index contributed by atoms with van der Waals surface area (Å²) in [6.07, 6.45) is 3.21. The van der Waals surface area contributed by atoms with Gasteiger partial charge < -0.3 is 14.2 Å². The minimum Gasteiger partial charge on any atom is -0.469 e. The topological polar surface area (TPSA) is 65.1 Å². The van der Waals surface area contributed by atoms with E-state index in [4.69, 9.17) is 14.2 Å². The molecule has 0 radical (unpaired) electrons. The molecule has 0 spiro atoms. The molecule has 1 rings (SSSR count). The van der Waals surface area contributed by atoms with E-state index >= 15 is 0 Å². The smallest absolute Gasteiger partial charge is 0.413 e. The molecule has 6 nitrogen and oxygen atoms in total. The average Bonchev–Trinajstić information content (AvgIpc) is 2.70. The summed E-state index contributed by atoms with van der Waals surface area (Å²) < 4.78 is 16.2. The molecular formula is C19H33NO5. The third-order valence-electron chi connectivity index (χ3n) is 4.02. The quantitative estimate of drug-likeness (QED) is 0.570. The lowest BCUT2D eigenvalue weighted by Gasteiger charge is -2.34. The molecular weight excluding hydrogens is 322 g/mol. The van der Waals surface area contributed by atoms with Crippen LogP contribution < -0.4 is 0 Å². The van der Waals surface area contributed by atoms with Crippen LogP contribution in [0.15, 0.2) is 12.2 Å². The molecule has 0 aromatic heterocycles. The summed E-state index contributed by atoms with van der Waals surface area (Å²) in [5.41, 5.74) is -1.67. The number of ether oxygens (including phenoxy) is 3. The summed E-state index contributed by atoms with van der Waals surface area (Å²) in [7, 11) is 1.38. The lowest BCUT2D eigenvalue weighted by Crippen LogP contribution is -2.49. The van der Waals surface area contributed by atoms with E-state index in [0.29, 0.717) is 6.61 Å². The van der Waals surface area contributed by atoms with Gasteiger partial charge in [-0.25, -0.2) is 4.79 Å². The number of hydrogen-bond acceptors (Lipinski definition) is 5. The van der Waals surface area contributed by atoms with Crippen molar-refractivity contribution in [2.45, 2.75) is 72.8 Å². The molecule has 0 aliphatic carbocycles. The zero-order chi connectivity index (χ0) is 19.6. The molecule has 0 bridgehead atoms. The Morgan fingerprint density at radius 2 is 1.76 bits per heavy atom. The summed E-state index contributed by atoms with van der Waals surface area (Å²) in [6, 6.07) is -0.306. The highest BCUT2D eigenvalue weighted by Gasteiger charge is 2.45. The van der Waals surface area contributed by atoms with Gasteiger partial charge in [-0.05, 0) is 40.0 Å². The molecule has 6 heteroatoms.